The van der Waals surface area contributed by atoms with Gasteiger partial charge in [0.1, 0.15) is 0 Å². The normalized spacial score (nSPS) is 20.1. The van der Waals surface area contributed by atoms with Gasteiger partial charge in [0.25, 0.3) is 0 Å². The molecular formula is C17H31N5. The maximum absolute atomic E-state index is 4.70. The van der Waals surface area contributed by atoms with Crippen LogP contribution in [0.25, 0.3) is 0 Å². The zero-order chi connectivity index (χ0) is 15.6. The van der Waals surface area contributed by atoms with E-state index in [1.807, 2.05) is 0 Å². The molecule has 1 aliphatic heterocycles. The molecule has 1 fully saturated rings. The molecule has 1 aliphatic rings. The van der Waals surface area contributed by atoms with Crippen LogP contribution in [0.2, 0.25) is 0 Å². The standard InChI is InChI=1S/C17H31N5/c1-3-18-17(19-9-14-21-11-6-7-12-21)20-10-15-22-13-5-4-8-16(22)2/h6-7,11-12,16H,3-5,8-10,13-15H2,1-2H3,(H2,18,19,20). The zero-order valence-electron chi connectivity index (χ0n) is 14.1. The Bertz CT molecular complexity index is 426. The van der Waals surface area contributed by atoms with E-state index in [0.717, 1.165) is 38.7 Å². The van der Waals surface area contributed by atoms with E-state index >= 15 is 0 Å². The molecule has 2 N–H and O–H groups in total. The van der Waals surface area contributed by atoms with Crippen LogP contribution in [0.15, 0.2) is 29.5 Å². The summed E-state index contributed by atoms with van der Waals surface area (Å²) < 4.78 is 2.17. The number of guanidine groups is 1. The van der Waals surface area contributed by atoms with Crippen molar-refractivity contribution in [2.24, 2.45) is 4.99 Å². The van der Waals surface area contributed by atoms with Crippen LogP contribution in [0.3, 0.4) is 0 Å². The van der Waals surface area contributed by atoms with E-state index in [2.05, 4.69) is 58.5 Å². The molecule has 0 bridgehead atoms. The molecule has 2 rings (SSSR count). The van der Waals surface area contributed by atoms with E-state index in [-0.39, 0.29) is 0 Å². The highest BCUT2D eigenvalue weighted by atomic mass is 15.2. The number of likely N-dealkylation sites (tertiary alicyclic amines) is 1. The van der Waals surface area contributed by atoms with Gasteiger partial charge in [0.2, 0.25) is 0 Å². The molecule has 124 valence electrons. The molecule has 0 aliphatic carbocycles. The first-order valence-electron chi connectivity index (χ1n) is 8.66. The summed E-state index contributed by atoms with van der Waals surface area (Å²) >= 11 is 0. The Morgan fingerprint density at radius 3 is 2.73 bits per heavy atom. The van der Waals surface area contributed by atoms with Gasteiger partial charge in [-0.1, -0.05) is 6.42 Å². The molecule has 1 aromatic rings. The van der Waals surface area contributed by atoms with E-state index in [1.165, 1.54) is 25.8 Å². The fourth-order valence-electron chi connectivity index (χ4n) is 2.94. The first-order valence-corrected chi connectivity index (χ1v) is 8.66. The Hall–Kier alpha value is -1.49. The van der Waals surface area contributed by atoms with Crippen LogP contribution in [0.5, 0.6) is 0 Å². The lowest BCUT2D eigenvalue weighted by molar-refractivity contribution is 0.166. The van der Waals surface area contributed by atoms with E-state index in [4.69, 9.17) is 4.99 Å². The summed E-state index contributed by atoms with van der Waals surface area (Å²) in [7, 11) is 0. The van der Waals surface area contributed by atoms with E-state index in [0.29, 0.717) is 6.04 Å². The fourth-order valence-corrected chi connectivity index (χ4v) is 2.94. The highest BCUT2D eigenvalue weighted by Gasteiger charge is 2.17. The number of hydrogen-bond acceptors (Lipinski definition) is 2. The quantitative estimate of drug-likeness (QED) is 0.597. The Kier molecular flexibility index (Phi) is 7.30. The Morgan fingerprint density at radius 1 is 1.18 bits per heavy atom. The molecule has 5 nitrogen and oxygen atoms in total. The molecule has 1 unspecified atom stereocenters. The maximum atomic E-state index is 4.70. The van der Waals surface area contributed by atoms with Gasteiger partial charge in [0.05, 0.1) is 6.54 Å². The van der Waals surface area contributed by atoms with Crippen molar-refractivity contribution < 1.29 is 0 Å². The van der Waals surface area contributed by atoms with Crippen LogP contribution in [0.4, 0.5) is 0 Å². The zero-order valence-corrected chi connectivity index (χ0v) is 14.1. The van der Waals surface area contributed by atoms with Gasteiger partial charge >= 0.3 is 0 Å². The summed E-state index contributed by atoms with van der Waals surface area (Å²) in [5.74, 6) is 0.930. The van der Waals surface area contributed by atoms with E-state index < -0.39 is 0 Å². The topological polar surface area (TPSA) is 44.6 Å². The Balaban J connectivity index is 1.71. The molecule has 1 aromatic heterocycles. The van der Waals surface area contributed by atoms with Crippen LogP contribution in [0, 0.1) is 0 Å². The molecule has 22 heavy (non-hydrogen) atoms. The average Bonchev–Trinajstić information content (AvgIpc) is 3.02. The molecule has 1 saturated heterocycles. The van der Waals surface area contributed by atoms with Gasteiger partial charge in [-0.15, -0.1) is 0 Å². The minimum Gasteiger partial charge on any atom is -0.357 e. The lowest BCUT2D eigenvalue weighted by Gasteiger charge is -2.32. The monoisotopic (exact) mass is 305 g/mol. The van der Waals surface area contributed by atoms with E-state index in [9.17, 15) is 0 Å². The second-order valence-corrected chi connectivity index (χ2v) is 5.99. The summed E-state index contributed by atoms with van der Waals surface area (Å²) in [5.41, 5.74) is 0. The first-order chi connectivity index (χ1) is 10.8. The van der Waals surface area contributed by atoms with Gasteiger partial charge in [0, 0.05) is 44.6 Å². The molecule has 0 amide bonds. The summed E-state index contributed by atoms with van der Waals surface area (Å²) in [6.07, 6.45) is 8.22. The molecule has 0 saturated carbocycles. The number of rotatable bonds is 7. The highest BCUT2D eigenvalue weighted by molar-refractivity contribution is 5.79. The third-order valence-electron chi connectivity index (χ3n) is 4.27. The Labute approximate surface area is 134 Å². The summed E-state index contributed by atoms with van der Waals surface area (Å²) in [6.45, 7) is 10.3. The molecule has 0 spiro atoms. The van der Waals surface area contributed by atoms with Crippen molar-refractivity contribution >= 4 is 5.96 Å². The lowest BCUT2D eigenvalue weighted by Crippen LogP contribution is -2.41. The van der Waals surface area contributed by atoms with Crippen LogP contribution in [-0.4, -0.2) is 54.2 Å². The third kappa shape index (κ3) is 5.72. The second kappa shape index (κ2) is 9.51. The largest absolute Gasteiger partial charge is 0.357 e. The number of aromatic nitrogens is 1. The van der Waals surface area contributed by atoms with Gasteiger partial charge in [0.15, 0.2) is 5.96 Å². The minimum atomic E-state index is 0.716. The predicted octanol–water partition coefficient (Wildman–Crippen LogP) is 1.92. The van der Waals surface area contributed by atoms with E-state index in [1.54, 1.807) is 0 Å². The minimum absolute atomic E-state index is 0.716. The van der Waals surface area contributed by atoms with Crippen molar-refractivity contribution in [2.75, 3.05) is 32.7 Å². The summed E-state index contributed by atoms with van der Waals surface area (Å²) in [4.78, 5) is 7.27. The molecule has 5 heteroatoms. The molecule has 2 heterocycles. The SMILES string of the molecule is CCNC(=NCCN1CCCCC1C)NCCn1cccc1. The van der Waals surface area contributed by atoms with Crippen LogP contribution in [-0.2, 0) is 6.54 Å². The molecular weight excluding hydrogens is 274 g/mol. The van der Waals surface area contributed by atoms with Gasteiger partial charge in [-0.25, -0.2) is 0 Å². The van der Waals surface area contributed by atoms with Crippen molar-refractivity contribution in [1.29, 1.82) is 0 Å². The number of nitrogens with zero attached hydrogens (tertiary/aromatic N) is 3. The highest BCUT2D eigenvalue weighted by Crippen LogP contribution is 2.15. The summed E-state index contributed by atoms with van der Waals surface area (Å²) in [6, 6.07) is 4.83. The number of piperidine rings is 1. The first kappa shape index (κ1) is 16.9. The van der Waals surface area contributed by atoms with Crippen LogP contribution < -0.4 is 10.6 Å². The van der Waals surface area contributed by atoms with Gasteiger partial charge < -0.3 is 15.2 Å². The Morgan fingerprint density at radius 2 is 2.00 bits per heavy atom. The van der Waals surface area contributed by atoms with Crippen molar-refractivity contribution in [3.8, 4) is 0 Å². The van der Waals surface area contributed by atoms with Gasteiger partial charge in [-0.2, -0.15) is 0 Å². The molecule has 0 radical (unpaired) electrons. The van der Waals surface area contributed by atoms with Crippen molar-refractivity contribution in [2.45, 2.75) is 45.7 Å². The lowest BCUT2D eigenvalue weighted by atomic mass is 10.0. The van der Waals surface area contributed by atoms with Gasteiger partial charge in [-0.05, 0) is 45.4 Å². The van der Waals surface area contributed by atoms with Crippen molar-refractivity contribution in [1.82, 2.24) is 20.1 Å². The number of nitrogens with one attached hydrogen (secondary N) is 2. The molecule has 1 atom stereocenters. The maximum Gasteiger partial charge on any atom is 0.191 e. The third-order valence-corrected chi connectivity index (χ3v) is 4.27. The van der Waals surface area contributed by atoms with Crippen LogP contribution >= 0.6 is 0 Å². The van der Waals surface area contributed by atoms with Crippen LogP contribution in [0.1, 0.15) is 33.1 Å². The fraction of sp³-hybridized carbons (Fsp3) is 0.706. The van der Waals surface area contributed by atoms with Crippen molar-refractivity contribution in [3.63, 3.8) is 0 Å². The predicted molar refractivity (Wildman–Crippen MR) is 93.3 cm³/mol. The molecule has 0 aromatic carbocycles. The smallest absolute Gasteiger partial charge is 0.191 e. The number of aliphatic imine (C=N–C) groups is 1. The second-order valence-electron chi connectivity index (χ2n) is 5.99. The average molecular weight is 305 g/mol. The van der Waals surface area contributed by atoms with Gasteiger partial charge in [-0.3, -0.25) is 9.89 Å². The summed E-state index contributed by atoms with van der Waals surface area (Å²) in [5, 5.41) is 6.73. The van der Waals surface area contributed by atoms with Crippen molar-refractivity contribution in [3.05, 3.63) is 24.5 Å². The number of hydrogen-bond donors (Lipinski definition) is 2.